The highest BCUT2D eigenvalue weighted by molar-refractivity contribution is 7.73. The van der Waals surface area contributed by atoms with Gasteiger partial charge in [0.15, 0.2) is 0 Å². The molecule has 0 aliphatic carbocycles. The average molecular weight is 206 g/mol. The summed E-state index contributed by atoms with van der Waals surface area (Å²) in [5.74, 6) is 5.38. The van der Waals surface area contributed by atoms with Gasteiger partial charge in [-0.05, 0) is 0 Å². The number of nitriles is 4. The van der Waals surface area contributed by atoms with Gasteiger partial charge in [-0.25, -0.2) is 21.0 Å². The Labute approximate surface area is 85.6 Å². The maximum atomic E-state index is 8.09. The molecular weight excluding hydrogens is 194 g/mol. The van der Waals surface area contributed by atoms with Crippen LogP contribution in [0.1, 0.15) is 0 Å². The van der Waals surface area contributed by atoms with Crippen LogP contribution in [0.2, 0.25) is 0 Å². The van der Waals surface area contributed by atoms with Gasteiger partial charge < -0.3 is 0 Å². The molecule has 0 radical (unpaired) electrons. The lowest BCUT2D eigenvalue weighted by atomic mass is 9.30. The molecule has 6 heteroatoms. The van der Waals surface area contributed by atoms with Crippen molar-refractivity contribution in [3.8, 4) is 23.9 Å². The molecule has 0 heterocycles. The normalized spacial score (nSPS) is 9.14. The molecule has 0 aliphatic rings. The van der Waals surface area contributed by atoms with Crippen molar-refractivity contribution < 1.29 is 0 Å². The molecule has 0 saturated carbocycles. The van der Waals surface area contributed by atoms with Gasteiger partial charge in [0.25, 0.3) is 0 Å². The van der Waals surface area contributed by atoms with Crippen LogP contribution in [0, 0.1) is 44.9 Å². The first-order valence-corrected chi connectivity index (χ1v) is 7.42. The van der Waals surface area contributed by atoms with Crippen molar-refractivity contribution in [1.82, 2.24) is 0 Å². The van der Waals surface area contributed by atoms with Crippen molar-refractivity contribution in [1.29, 1.82) is 21.0 Å². The minimum absolute atomic E-state index is 0.389. The predicted octanol–water partition coefficient (Wildman–Crippen LogP) is 1.21. The molecule has 0 atom stereocenters. The number of nitrogens with zero attached hydrogens (tertiary/aromatic N) is 4. The highest BCUT2D eigenvalue weighted by atomic mass is 31.2. The Hall–Kier alpha value is -1.55. The van der Waals surface area contributed by atoms with Crippen LogP contribution < -0.4 is 0 Å². The molecule has 0 aromatic carbocycles. The minimum Gasteiger partial charge on any atom is -0.245 e. The smallest absolute Gasteiger partial charge is 0.245 e. The Morgan fingerprint density at radius 3 is 0.857 bits per heavy atom. The van der Waals surface area contributed by atoms with Gasteiger partial charge in [-0.3, -0.25) is 0 Å². The first-order valence-electron chi connectivity index (χ1n) is 3.84. The second-order valence-corrected chi connectivity index (χ2v) is 9.43. The third kappa shape index (κ3) is 8.55. The Morgan fingerprint density at radius 1 is 0.714 bits per heavy atom. The molecule has 72 valence electrons. The van der Waals surface area contributed by atoms with Crippen LogP contribution in [-0.4, -0.2) is 32.8 Å². The maximum absolute atomic E-state index is 8.09. The first-order chi connectivity index (χ1) is 6.24. The van der Waals surface area contributed by atoms with Crippen molar-refractivity contribution in [2.75, 3.05) is 26.7 Å². The minimum atomic E-state index is -2.72. The fourth-order valence-electron chi connectivity index (χ4n) is 0.173. The van der Waals surface area contributed by atoms with E-state index in [0.717, 1.165) is 0 Å². The van der Waals surface area contributed by atoms with Crippen molar-refractivity contribution in [2.45, 2.75) is 0 Å². The summed E-state index contributed by atoms with van der Waals surface area (Å²) in [6.45, 7) is 9.19. The van der Waals surface area contributed by atoms with E-state index in [0.29, 0.717) is 0 Å². The molecule has 0 saturated heterocycles. The SMILES string of the molecule is C[P+](C)(C)C.N#C[B-](C#N)(C#N)C#N. The van der Waals surface area contributed by atoms with E-state index in [1.807, 2.05) is 0 Å². The highest BCUT2D eigenvalue weighted by Crippen LogP contribution is 2.40. The molecule has 0 unspecified atom stereocenters. The summed E-state index contributed by atoms with van der Waals surface area (Å²) in [5.41, 5.74) is 0. The monoisotopic (exact) mass is 206 g/mol. The summed E-state index contributed by atoms with van der Waals surface area (Å²) < 4.78 is 0. The fraction of sp³-hybridized carbons (Fsp3) is 0.500. The van der Waals surface area contributed by atoms with Crippen molar-refractivity contribution in [3.05, 3.63) is 0 Å². The largest absolute Gasteiger partial charge is 0.383 e. The Kier molecular flexibility index (Phi) is 6.40. The topological polar surface area (TPSA) is 95.2 Å². The zero-order valence-electron chi connectivity index (χ0n) is 8.81. The molecule has 0 aromatic rings. The second kappa shape index (κ2) is 5.99. The van der Waals surface area contributed by atoms with Crippen LogP contribution in [0.25, 0.3) is 0 Å². The van der Waals surface area contributed by atoms with E-state index in [1.165, 1.54) is 23.9 Å². The van der Waals surface area contributed by atoms with Crippen LogP contribution >= 0.6 is 7.26 Å². The summed E-state index contributed by atoms with van der Waals surface area (Å²) in [4.78, 5) is 0. The number of rotatable bonds is 0. The molecule has 0 aromatic heterocycles. The van der Waals surface area contributed by atoms with E-state index in [9.17, 15) is 0 Å². The van der Waals surface area contributed by atoms with Gasteiger partial charge >= 0.3 is 6.15 Å². The summed E-state index contributed by atoms with van der Waals surface area (Å²) in [7, 11) is -0.389. The summed E-state index contributed by atoms with van der Waals surface area (Å²) in [5, 5.41) is 32.3. The van der Waals surface area contributed by atoms with Crippen LogP contribution in [0.5, 0.6) is 0 Å². The fourth-order valence-corrected chi connectivity index (χ4v) is 0.173. The molecule has 0 N–H and O–H groups in total. The van der Waals surface area contributed by atoms with E-state index >= 15 is 0 Å². The second-order valence-electron chi connectivity index (χ2n) is 4.07. The van der Waals surface area contributed by atoms with Crippen LogP contribution in [0.15, 0.2) is 0 Å². The molecule has 0 aliphatic heterocycles. The van der Waals surface area contributed by atoms with Crippen molar-refractivity contribution >= 4 is 13.4 Å². The van der Waals surface area contributed by atoms with Crippen molar-refractivity contribution in [3.63, 3.8) is 0 Å². The van der Waals surface area contributed by atoms with E-state index in [1.54, 1.807) is 0 Å². The number of hydrogen-bond donors (Lipinski definition) is 0. The Bertz CT molecular complexity index is 276. The predicted molar refractivity (Wildman–Crippen MR) is 58.8 cm³/mol. The van der Waals surface area contributed by atoms with Gasteiger partial charge in [0.1, 0.15) is 0 Å². The van der Waals surface area contributed by atoms with Crippen molar-refractivity contribution in [2.24, 2.45) is 0 Å². The first kappa shape index (κ1) is 15.0. The lowest BCUT2D eigenvalue weighted by Gasteiger charge is -1.98. The quantitative estimate of drug-likeness (QED) is 0.439. The van der Waals surface area contributed by atoms with Crippen LogP contribution in [0.3, 0.4) is 0 Å². The molecule has 0 spiro atoms. The van der Waals surface area contributed by atoms with Gasteiger partial charge in [0.05, 0.1) is 0 Å². The van der Waals surface area contributed by atoms with E-state index in [-0.39, 0.29) is 7.26 Å². The van der Waals surface area contributed by atoms with Gasteiger partial charge in [0, 0.05) is 33.9 Å². The lowest BCUT2D eigenvalue weighted by Crippen LogP contribution is -2.26. The van der Waals surface area contributed by atoms with E-state index in [2.05, 4.69) is 26.7 Å². The summed E-state index contributed by atoms with van der Waals surface area (Å²) >= 11 is 0. The Balaban J connectivity index is 0. The zero-order chi connectivity index (χ0) is 11.8. The molecule has 0 amide bonds. The highest BCUT2D eigenvalue weighted by Gasteiger charge is 2.22. The molecule has 0 rings (SSSR count). The summed E-state index contributed by atoms with van der Waals surface area (Å²) in [6, 6.07) is 0. The average Bonchev–Trinajstić information content (AvgIpc) is 2.07. The maximum Gasteiger partial charge on any atom is 0.383 e. The molecule has 14 heavy (non-hydrogen) atoms. The molecular formula is C8H12BN4P. The number of hydrogen-bond acceptors (Lipinski definition) is 4. The van der Waals surface area contributed by atoms with Crippen LogP contribution in [-0.2, 0) is 0 Å². The van der Waals surface area contributed by atoms with E-state index in [4.69, 9.17) is 21.0 Å². The lowest BCUT2D eigenvalue weighted by molar-refractivity contribution is 1.50. The standard InChI is InChI=1S/C4BN4.C4H12P/c6-1-5(2-7,3-8)4-9;1-5(2,3)4/h;1-4H3/q-1;+1. The Morgan fingerprint density at radius 2 is 0.857 bits per heavy atom. The molecule has 0 fully saturated rings. The van der Waals surface area contributed by atoms with Gasteiger partial charge in [-0.1, -0.05) is 0 Å². The van der Waals surface area contributed by atoms with Gasteiger partial charge in [0.2, 0.25) is 0 Å². The van der Waals surface area contributed by atoms with Gasteiger partial charge in [-0.15, -0.1) is 23.9 Å². The third-order valence-electron chi connectivity index (χ3n) is 0.775. The van der Waals surface area contributed by atoms with Crippen LogP contribution in [0.4, 0.5) is 0 Å². The zero-order valence-corrected chi connectivity index (χ0v) is 9.71. The third-order valence-corrected chi connectivity index (χ3v) is 0.775. The summed E-state index contributed by atoms with van der Waals surface area (Å²) in [6.07, 6.45) is -2.72. The van der Waals surface area contributed by atoms with Gasteiger partial charge in [-0.2, -0.15) is 0 Å². The molecule has 4 nitrogen and oxygen atoms in total. The van der Waals surface area contributed by atoms with E-state index < -0.39 is 6.15 Å². The molecule has 0 bridgehead atoms.